The molecule has 94 valence electrons. The van der Waals surface area contributed by atoms with Crippen molar-refractivity contribution in [3.63, 3.8) is 0 Å². The first-order valence-corrected chi connectivity index (χ1v) is 6.14. The molecule has 0 aliphatic carbocycles. The molecule has 0 aliphatic rings. The van der Waals surface area contributed by atoms with Crippen LogP contribution in [0.25, 0.3) is 11.0 Å². The average molecular weight is 267 g/mol. The standard InChI is InChI=1S/C10H9N3O4S/c14-10(15)5-18-4-9-11-7-2-1-6(13(16)17)3-8(7)12-9/h1-3H,4-5H2,(H,11,12)(H,14,15). The molecule has 18 heavy (non-hydrogen) atoms. The number of hydrogen-bond acceptors (Lipinski definition) is 5. The summed E-state index contributed by atoms with van der Waals surface area (Å²) in [6, 6.07) is 4.36. The van der Waals surface area contributed by atoms with Crippen molar-refractivity contribution in [2.45, 2.75) is 5.75 Å². The van der Waals surface area contributed by atoms with Gasteiger partial charge in [-0.05, 0) is 6.07 Å². The highest BCUT2D eigenvalue weighted by Crippen LogP contribution is 2.20. The molecule has 0 saturated heterocycles. The van der Waals surface area contributed by atoms with Crippen LogP contribution in [0.1, 0.15) is 5.82 Å². The fourth-order valence-electron chi connectivity index (χ4n) is 1.47. The highest BCUT2D eigenvalue weighted by Gasteiger charge is 2.09. The van der Waals surface area contributed by atoms with E-state index in [9.17, 15) is 14.9 Å². The van der Waals surface area contributed by atoms with E-state index < -0.39 is 10.9 Å². The Kier molecular flexibility index (Phi) is 3.47. The number of non-ortho nitro benzene ring substituents is 1. The van der Waals surface area contributed by atoms with Crippen molar-refractivity contribution in [2.75, 3.05) is 5.75 Å². The zero-order valence-corrected chi connectivity index (χ0v) is 9.94. The maximum absolute atomic E-state index is 10.6. The summed E-state index contributed by atoms with van der Waals surface area (Å²) in [5.41, 5.74) is 1.21. The summed E-state index contributed by atoms with van der Waals surface area (Å²) >= 11 is 1.21. The van der Waals surface area contributed by atoms with E-state index in [1.807, 2.05) is 0 Å². The number of nitrogens with one attached hydrogen (secondary N) is 1. The average Bonchev–Trinajstić information content (AvgIpc) is 2.69. The van der Waals surface area contributed by atoms with Crippen molar-refractivity contribution in [1.82, 2.24) is 9.97 Å². The summed E-state index contributed by atoms with van der Waals surface area (Å²) < 4.78 is 0. The van der Waals surface area contributed by atoms with E-state index in [1.54, 1.807) is 6.07 Å². The van der Waals surface area contributed by atoms with Crippen LogP contribution in [0.15, 0.2) is 18.2 Å². The molecular formula is C10H9N3O4S. The second-order valence-electron chi connectivity index (χ2n) is 3.53. The minimum absolute atomic E-state index is 0.00278. The number of aliphatic carboxylic acids is 1. The van der Waals surface area contributed by atoms with Gasteiger partial charge in [0, 0.05) is 12.1 Å². The molecule has 1 aromatic carbocycles. The van der Waals surface area contributed by atoms with Crippen molar-refractivity contribution in [3.8, 4) is 0 Å². The summed E-state index contributed by atoms with van der Waals surface area (Å²) in [5.74, 6) is 0.148. The number of aromatic amines is 1. The second-order valence-corrected chi connectivity index (χ2v) is 4.51. The highest BCUT2D eigenvalue weighted by atomic mass is 32.2. The Bertz CT molecular complexity index is 610. The van der Waals surface area contributed by atoms with E-state index in [0.717, 1.165) is 0 Å². The molecule has 2 N–H and O–H groups in total. The van der Waals surface area contributed by atoms with Gasteiger partial charge in [-0.1, -0.05) is 0 Å². The molecule has 0 saturated carbocycles. The van der Waals surface area contributed by atoms with E-state index >= 15 is 0 Å². The number of hydrogen-bond donors (Lipinski definition) is 2. The SMILES string of the molecule is O=C(O)CSCc1nc2ccc([N+](=O)[O-])cc2[nH]1. The quantitative estimate of drug-likeness (QED) is 0.631. The number of carboxylic acids is 1. The van der Waals surface area contributed by atoms with Gasteiger partial charge in [0.2, 0.25) is 0 Å². The van der Waals surface area contributed by atoms with Gasteiger partial charge in [-0.15, -0.1) is 11.8 Å². The Morgan fingerprint density at radius 3 is 3.00 bits per heavy atom. The van der Waals surface area contributed by atoms with E-state index in [-0.39, 0.29) is 11.4 Å². The first-order valence-electron chi connectivity index (χ1n) is 4.99. The number of nitro benzene ring substituents is 1. The number of aromatic nitrogens is 2. The summed E-state index contributed by atoms with van der Waals surface area (Å²) in [4.78, 5) is 27.6. The second kappa shape index (κ2) is 5.05. The molecule has 1 heterocycles. The lowest BCUT2D eigenvalue weighted by Gasteiger charge is -1.93. The number of thioether (sulfide) groups is 1. The van der Waals surface area contributed by atoms with Gasteiger partial charge >= 0.3 is 5.97 Å². The number of imidazole rings is 1. The summed E-state index contributed by atoms with van der Waals surface area (Å²) in [6.07, 6.45) is 0. The number of nitrogens with zero attached hydrogens (tertiary/aromatic N) is 2. The van der Waals surface area contributed by atoms with Crippen LogP contribution in [-0.4, -0.2) is 31.7 Å². The van der Waals surface area contributed by atoms with Gasteiger partial charge in [0.15, 0.2) is 0 Å². The van der Waals surface area contributed by atoms with Crippen LogP contribution in [0.2, 0.25) is 0 Å². The third-order valence-corrected chi connectivity index (χ3v) is 3.12. The molecule has 8 heteroatoms. The predicted molar refractivity (Wildman–Crippen MR) is 66.5 cm³/mol. The Morgan fingerprint density at radius 1 is 1.56 bits per heavy atom. The normalized spacial score (nSPS) is 10.7. The van der Waals surface area contributed by atoms with Crippen molar-refractivity contribution >= 4 is 34.5 Å². The van der Waals surface area contributed by atoms with E-state index in [2.05, 4.69) is 9.97 Å². The molecule has 0 aliphatic heterocycles. The minimum atomic E-state index is -0.883. The predicted octanol–water partition coefficient (Wildman–Crippen LogP) is 1.79. The van der Waals surface area contributed by atoms with Crippen LogP contribution in [0.4, 0.5) is 5.69 Å². The van der Waals surface area contributed by atoms with Gasteiger partial charge in [-0.2, -0.15) is 0 Å². The van der Waals surface area contributed by atoms with Gasteiger partial charge in [0.05, 0.1) is 27.5 Å². The lowest BCUT2D eigenvalue weighted by atomic mass is 10.3. The monoisotopic (exact) mass is 267 g/mol. The van der Waals surface area contributed by atoms with Gasteiger partial charge in [-0.3, -0.25) is 14.9 Å². The largest absolute Gasteiger partial charge is 0.481 e. The molecule has 2 aromatic rings. The van der Waals surface area contributed by atoms with Crippen molar-refractivity contribution in [1.29, 1.82) is 0 Å². The Morgan fingerprint density at radius 2 is 2.33 bits per heavy atom. The zero-order valence-electron chi connectivity index (χ0n) is 9.12. The lowest BCUT2D eigenvalue weighted by Crippen LogP contribution is -1.98. The number of nitro groups is 1. The molecule has 0 fully saturated rings. The topological polar surface area (TPSA) is 109 Å². The molecule has 0 bridgehead atoms. The number of carboxylic acid groups (broad SMARTS) is 1. The summed E-state index contributed by atoms with van der Waals surface area (Å²) in [6.45, 7) is 0. The number of carbonyl (C=O) groups is 1. The maximum atomic E-state index is 10.6. The van der Waals surface area contributed by atoms with Crippen LogP contribution in [-0.2, 0) is 10.5 Å². The molecule has 2 rings (SSSR count). The molecule has 0 radical (unpaired) electrons. The van der Waals surface area contributed by atoms with Crippen molar-refractivity contribution < 1.29 is 14.8 Å². The lowest BCUT2D eigenvalue weighted by molar-refractivity contribution is -0.384. The first kappa shape index (κ1) is 12.4. The Hall–Kier alpha value is -2.09. The van der Waals surface area contributed by atoms with Crippen LogP contribution >= 0.6 is 11.8 Å². The van der Waals surface area contributed by atoms with Crippen molar-refractivity contribution in [3.05, 3.63) is 34.1 Å². The van der Waals surface area contributed by atoms with Gasteiger partial charge in [0.25, 0.3) is 5.69 Å². The molecule has 1 aromatic heterocycles. The summed E-state index contributed by atoms with van der Waals surface area (Å²) in [7, 11) is 0. The molecule has 0 spiro atoms. The Balaban J connectivity index is 2.16. The molecular weight excluding hydrogens is 258 g/mol. The first-order chi connectivity index (χ1) is 8.56. The Labute approximate surface area is 105 Å². The van der Waals surface area contributed by atoms with E-state index in [4.69, 9.17) is 5.11 Å². The van der Waals surface area contributed by atoms with Gasteiger partial charge < -0.3 is 10.1 Å². The molecule has 7 nitrogen and oxygen atoms in total. The number of benzene rings is 1. The van der Waals surface area contributed by atoms with Crippen LogP contribution in [0.3, 0.4) is 0 Å². The van der Waals surface area contributed by atoms with Gasteiger partial charge in [0.1, 0.15) is 5.82 Å². The highest BCUT2D eigenvalue weighted by molar-refractivity contribution is 7.99. The number of rotatable bonds is 5. The van der Waals surface area contributed by atoms with Gasteiger partial charge in [-0.25, -0.2) is 4.98 Å². The van der Waals surface area contributed by atoms with Crippen LogP contribution in [0, 0.1) is 10.1 Å². The smallest absolute Gasteiger partial charge is 0.313 e. The fourth-order valence-corrected chi connectivity index (χ4v) is 2.07. The summed E-state index contributed by atoms with van der Waals surface area (Å²) in [5, 5.41) is 19.1. The minimum Gasteiger partial charge on any atom is -0.481 e. The third-order valence-electron chi connectivity index (χ3n) is 2.19. The maximum Gasteiger partial charge on any atom is 0.313 e. The van der Waals surface area contributed by atoms with E-state index in [1.165, 1.54) is 23.9 Å². The van der Waals surface area contributed by atoms with E-state index in [0.29, 0.717) is 22.6 Å². The molecule has 0 atom stereocenters. The fraction of sp³-hybridized carbons (Fsp3) is 0.200. The zero-order chi connectivity index (χ0) is 13.1. The van der Waals surface area contributed by atoms with Crippen LogP contribution in [0.5, 0.6) is 0 Å². The third kappa shape index (κ3) is 2.77. The van der Waals surface area contributed by atoms with Crippen molar-refractivity contribution in [2.24, 2.45) is 0 Å². The molecule has 0 unspecified atom stereocenters. The van der Waals surface area contributed by atoms with Crippen LogP contribution < -0.4 is 0 Å². The molecule has 0 amide bonds. The number of H-pyrrole nitrogens is 1. The number of fused-ring (bicyclic) bond motifs is 1.